The Morgan fingerprint density at radius 3 is 2.59 bits per heavy atom. The molecule has 4 rings (SSSR count). The minimum Gasteiger partial charge on any atom is -0.465 e. The van der Waals surface area contributed by atoms with Crippen LogP contribution in [0, 0.1) is 5.41 Å². The number of carbonyl (C=O) groups is 2. The monoisotopic (exact) mass is 441 g/mol. The molecule has 0 aromatic heterocycles. The summed E-state index contributed by atoms with van der Waals surface area (Å²) in [6, 6.07) is 7.38. The summed E-state index contributed by atoms with van der Waals surface area (Å²) in [6.45, 7) is 6.67. The Balaban J connectivity index is 1.69. The molecule has 0 saturated carbocycles. The Labute approximate surface area is 188 Å². The first-order valence-corrected chi connectivity index (χ1v) is 11.3. The highest BCUT2D eigenvalue weighted by Crippen LogP contribution is 2.48. The van der Waals surface area contributed by atoms with E-state index in [0.717, 1.165) is 24.8 Å². The Morgan fingerprint density at radius 2 is 1.94 bits per heavy atom. The average molecular weight is 442 g/mol. The molecule has 32 heavy (non-hydrogen) atoms. The molecule has 0 radical (unpaired) electrons. The number of nitrogens with two attached hydrogens (primary N) is 1. The van der Waals surface area contributed by atoms with Crippen LogP contribution in [0.25, 0.3) is 0 Å². The van der Waals surface area contributed by atoms with Crippen LogP contribution in [0.1, 0.15) is 64.4 Å². The molecule has 2 heterocycles. The first-order valence-electron chi connectivity index (χ1n) is 11.3. The van der Waals surface area contributed by atoms with Gasteiger partial charge in [-0.15, -0.1) is 0 Å². The van der Waals surface area contributed by atoms with Gasteiger partial charge in [0.1, 0.15) is 17.1 Å². The van der Waals surface area contributed by atoms with Crippen molar-refractivity contribution < 1.29 is 28.5 Å². The minimum absolute atomic E-state index is 0.00590. The molecular formula is C25H31NO6. The van der Waals surface area contributed by atoms with Gasteiger partial charge in [-0.2, -0.15) is 0 Å². The third-order valence-electron chi connectivity index (χ3n) is 6.07. The minimum atomic E-state index is -0.638. The lowest BCUT2D eigenvalue weighted by atomic mass is 9.70. The number of ketones is 1. The van der Waals surface area contributed by atoms with Gasteiger partial charge in [0, 0.05) is 24.8 Å². The molecule has 7 nitrogen and oxygen atoms in total. The van der Waals surface area contributed by atoms with E-state index in [9.17, 15) is 9.59 Å². The number of carbonyl (C=O) groups excluding carboxylic acids is 2. The largest absolute Gasteiger partial charge is 0.465 e. The van der Waals surface area contributed by atoms with Crippen LogP contribution in [0.5, 0.6) is 5.75 Å². The second kappa shape index (κ2) is 8.98. The molecule has 172 valence electrons. The maximum Gasteiger partial charge on any atom is 0.340 e. The van der Waals surface area contributed by atoms with Crippen molar-refractivity contribution in [3.05, 3.63) is 52.6 Å². The van der Waals surface area contributed by atoms with Crippen molar-refractivity contribution in [2.75, 3.05) is 13.2 Å². The smallest absolute Gasteiger partial charge is 0.340 e. The van der Waals surface area contributed by atoms with Crippen molar-refractivity contribution in [1.29, 1.82) is 0 Å². The maximum atomic E-state index is 13.2. The third-order valence-corrected chi connectivity index (χ3v) is 6.07. The van der Waals surface area contributed by atoms with Crippen LogP contribution < -0.4 is 10.5 Å². The lowest BCUT2D eigenvalue weighted by Gasteiger charge is -2.38. The Bertz CT molecular complexity index is 953. The lowest BCUT2D eigenvalue weighted by Crippen LogP contribution is -2.35. The van der Waals surface area contributed by atoms with Crippen LogP contribution in [-0.2, 0) is 23.8 Å². The van der Waals surface area contributed by atoms with Crippen molar-refractivity contribution in [3.8, 4) is 5.75 Å². The number of ether oxygens (including phenoxy) is 4. The third kappa shape index (κ3) is 4.53. The molecule has 1 aromatic carbocycles. The molecule has 7 heteroatoms. The quantitative estimate of drug-likeness (QED) is 0.688. The van der Waals surface area contributed by atoms with Gasteiger partial charge in [-0.1, -0.05) is 26.0 Å². The summed E-state index contributed by atoms with van der Waals surface area (Å²) in [7, 11) is 0. The van der Waals surface area contributed by atoms with Crippen LogP contribution >= 0.6 is 0 Å². The second-order valence-electron chi connectivity index (χ2n) is 9.29. The zero-order valence-electron chi connectivity index (χ0n) is 18.9. The van der Waals surface area contributed by atoms with Gasteiger partial charge in [-0.3, -0.25) is 4.79 Å². The van der Waals surface area contributed by atoms with E-state index in [2.05, 4.69) is 0 Å². The number of benzene rings is 1. The van der Waals surface area contributed by atoms with Crippen LogP contribution in [0.3, 0.4) is 0 Å². The van der Waals surface area contributed by atoms with Gasteiger partial charge < -0.3 is 24.7 Å². The maximum absolute atomic E-state index is 13.2. The SMILES string of the molecule is CCOC(=O)C1=C(N)OC2=C(C(=O)CC(C)(C)C2)C1c1ccc(OC2CCCCO2)cc1. The van der Waals surface area contributed by atoms with Gasteiger partial charge in [-0.05, 0) is 42.9 Å². The highest BCUT2D eigenvalue weighted by atomic mass is 16.7. The number of rotatable bonds is 5. The van der Waals surface area contributed by atoms with Crippen molar-refractivity contribution in [1.82, 2.24) is 0 Å². The summed E-state index contributed by atoms with van der Waals surface area (Å²) in [6.07, 6.45) is 3.68. The molecule has 1 aliphatic carbocycles. The van der Waals surface area contributed by atoms with E-state index >= 15 is 0 Å². The first-order chi connectivity index (χ1) is 15.3. The Morgan fingerprint density at radius 1 is 1.19 bits per heavy atom. The zero-order chi connectivity index (χ0) is 22.9. The van der Waals surface area contributed by atoms with Gasteiger partial charge in [-0.25, -0.2) is 4.79 Å². The summed E-state index contributed by atoms with van der Waals surface area (Å²) in [5.41, 5.74) is 7.39. The van der Waals surface area contributed by atoms with E-state index in [4.69, 9.17) is 24.7 Å². The summed E-state index contributed by atoms with van der Waals surface area (Å²) in [5.74, 6) is -0.0398. The number of allylic oxidation sites excluding steroid dienone is 2. The molecule has 3 aliphatic rings. The van der Waals surface area contributed by atoms with Crippen molar-refractivity contribution in [2.45, 2.75) is 65.1 Å². The van der Waals surface area contributed by atoms with Gasteiger partial charge >= 0.3 is 5.97 Å². The lowest BCUT2D eigenvalue weighted by molar-refractivity contribution is -0.139. The standard InChI is InChI=1S/C25H31NO6/c1-4-29-24(28)22-20(21-17(27)13-25(2,3)14-18(21)32-23(22)26)15-8-10-16(11-9-15)31-19-7-5-6-12-30-19/h8-11,19-20H,4-7,12-14,26H2,1-3H3. The normalized spacial score (nSPS) is 25.2. The van der Waals surface area contributed by atoms with E-state index < -0.39 is 11.9 Å². The highest BCUT2D eigenvalue weighted by Gasteiger charge is 2.45. The second-order valence-corrected chi connectivity index (χ2v) is 9.29. The van der Waals surface area contributed by atoms with Gasteiger partial charge in [0.15, 0.2) is 12.1 Å². The molecule has 0 bridgehead atoms. The molecule has 2 aliphatic heterocycles. The molecule has 2 atom stereocenters. The van der Waals surface area contributed by atoms with Crippen LogP contribution in [-0.4, -0.2) is 31.3 Å². The molecule has 0 spiro atoms. The molecule has 1 saturated heterocycles. The van der Waals surface area contributed by atoms with E-state index in [1.54, 1.807) is 6.92 Å². The van der Waals surface area contributed by atoms with Crippen LogP contribution in [0.15, 0.2) is 47.1 Å². The highest BCUT2D eigenvalue weighted by molar-refractivity contribution is 6.03. The number of esters is 1. The molecule has 2 N–H and O–H groups in total. The number of Topliss-reactive ketones (excluding diaryl/α,β-unsaturated/α-hetero) is 1. The topological polar surface area (TPSA) is 97.1 Å². The summed E-state index contributed by atoms with van der Waals surface area (Å²) in [5, 5.41) is 0. The number of hydrogen-bond acceptors (Lipinski definition) is 7. The van der Waals surface area contributed by atoms with E-state index in [0.29, 0.717) is 36.5 Å². The molecule has 2 unspecified atom stereocenters. The van der Waals surface area contributed by atoms with Gasteiger partial charge in [0.2, 0.25) is 5.88 Å². The Kier molecular flexibility index (Phi) is 6.29. The first kappa shape index (κ1) is 22.4. The van der Waals surface area contributed by atoms with Crippen molar-refractivity contribution in [3.63, 3.8) is 0 Å². The molecule has 1 fully saturated rings. The van der Waals surface area contributed by atoms with Crippen LogP contribution in [0.4, 0.5) is 0 Å². The van der Waals surface area contributed by atoms with E-state index in [1.807, 2.05) is 38.1 Å². The van der Waals surface area contributed by atoms with Crippen molar-refractivity contribution >= 4 is 11.8 Å². The fourth-order valence-electron chi connectivity index (χ4n) is 4.62. The van der Waals surface area contributed by atoms with E-state index in [1.165, 1.54) is 0 Å². The summed E-state index contributed by atoms with van der Waals surface area (Å²) < 4.78 is 22.7. The average Bonchev–Trinajstić information content (AvgIpc) is 2.73. The van der Waals surface area contributed by atoms with E-state index in [-0.39, 0.29) is 35.6 Å². The predicted octanol–water partition coefficient (Wildman–Crippen LogP) is 4.08. The summed E-state index contributed by atoms with van der Waals surface area (Å²) in [4.78, 5) is 26.0. The fraction of sp³-hybridized carbons (Fsp3) is 0.520. The Hall–Kier alpha value is -2.80. The fourth-order valence-corrected chi connectivity index (χ4v) is 4.62. The predicted molar refractivity (Wildman–Crippen MR) is 117 cm³/mol. The van der Waals surface area contributed by atoms with Gasteiger partial charge in [0.25, 0.3) is 0 Å². The molecule has 1 aromatic rings. The van der Waals surface area contributed by atoms with Crippen LogP contribution in [0.2, 0.25) is 0 Å². The zero-order valence-corrected chi connectivity index (χ0v) is 18.9. The molecular weight excluding hydrogens is 410 g/mol. The van der Waals surface area contributed by atoms with Gasteiger partial charge in [0.05, 0.1) is 19.1 Å². The van der Waals surface area contributed by atoms with Crippen molar-refractivity contribution in [2.24, 2.45) is 11.1 Å². The summed E-state index contributed by atoms with van der Waals surface area (Å²) >= 11 is 0. The molecule has 0 amide bonds. The number of hydrogen-bond donors (Lipinski definition) is 1.